The van der Waals surface area contributed by atoms with E-state index in [9.17, 15) is 4.79 Å². The number of ether oxygens (including phenoxy) is 2. The van der Waals surface area contributed by atoms with Crippen molar-refractivity contribution in [1.29, 1.82) is 0 Å². The van der Waals surface area contributed by atoms with Gasteiger partial charge < -0.3 is 15.2 Å². The summed E-state index contributed by atoms with van der Waals surface area (Å²) in [4.78, 5) is 11.3. The minimum absolute atomic E-state index is 0.500. The van der Waals surface area contributed by atoms with Crippen molar-refractivity contribution in [1.82, 2.24) is 0 Å². The number of nitrogens with two attached hydrogens (primary N) is 1. The van der Waals surface area contributed by atoms with Crippen molar-refractivity contribution in [2.45, 2.75) is 6.04 Å². The molecule has 15 heavy (non-hydrogen) atoms. The van der Waals surface area contributed by atoms with Crippen LogP contribution in [0.15, 0.2) is 22.7 Å². The highest BCUT2D eigenvalue weighted by molar-refractivity contribution is 9.10. The van der Waals surface area contributed by atoms with Gasteiger partial charge in [0.05, 0.1) is 14.2 Å². The number of methoxy groups -OCH3 is 2. The maximum absolute atomic E-state index is 11.3. The molecule has 0 fully saturated rings. The first-order valence-corrected chi connectivity index (χ1v) is 5.07. The molecule has 1 aromatic rings. The van der Waals surface area contributed by atoms with E-state index in [2.05, 4.69) is 20.7 Å². The second kappa shape index (κ2) is 5.14. The van der Waals surface area contributed by atoms with Crippen molar-refractivity contribution < 1.29 is 14.3 Å². The molecule has 0 aliphatic carbocycles. The molecular weight excluding hydrogens is 262 g/mol. The van der Waals surface area contributed by atoms with Gasteiger partial charge in [-0.05, 0) is 12.1 Å². The molecule has 0 aliphatic rings. The van der Waals surface area contributed by atoms with Crippen LogP contribution < -0.4 is 10.5 Å². The highest BCUT2D eigenvalue weighted by Crippen LogP contribution is 2.31. The second-order valence-electron chi connectivity index (χ2n) is 2.86. The lowest BCUT2D eigenvalue weighted by molar-refractivity contribution is -0.142. The molecule has 1 aromatic carbocycles. The Balaban J connectivity index is 3.16. The Labute approximate surface area is 96.5 Å². The third kappa shape index (κ3) is 2.49. The van der Waals surface area contributed by atoms with Crippen molar-refractivity contribution in [2.75, 3.05) is 14.2 Å². The van der Waals surface area contributed by atoms with Gasteiger partial charge in [0.2, 0.25) is 0 Å². The Morgan fingerprint density at radius 2 is 2.13 bits per heavy atom. The van der Waals surface area contributed by atoms with Crippen LogP contribution in [0.25, 0.3) is 0 Å². The van der Waals surface area contributed by atoms with Crippen LogP contribution in [0.2, 0.25) is 0 Å². The first-order chi connectivity index (χ1) is 7.11. The van der Waals surface area contributed by atoms with E-state index >= 15 is 0 Å². The largest absolute Gasteiger partial charge is 0.496 e. The van der Waals surface area contributed by atoms with Gasteiger partial charge in [0, 0.05) is 10.0 Å². The van der Waals surface area contributed by atoms with E-state index in [0.29, 0.717) is 11.3 Å². The van der Waals surface area contributed by atoms with Gasteiger partial charge in [-0.25, -0.2) is 0 Å². The standard InChI is InChI=1S/C10H12BrNO3/c1-14-7-5-3-4-6(11)8(7)9(12)10(13)15-2/h3-5,9H,12H2,1-2H3. The maximum atomic E-state index is 11.3. The zero-order valence-corrected chi connectivity index (χ0v) is 10.1. The van der Waals surface area contributed by atoms with E-state index in [1.807, 2.05) is 0 Å². The number of carbonyl (C=O) groups excluding carboxylic acids is 1. The summed E-state index contributed by atoms with van der Waals surface area (Å²) >= 11 is 3.32. The first kappa shape index (κ1) is 12.0. The van der Waals surface area contributed by atoms with Crippen LogP contribution in [0.3, 0.4) is 0 Å². The average molecular weight is 274 g/mol. The van der Waals surface area contributed by atoms with E-state index in [-0.39, 0.29) is 0 Å². The summed E-state index contributed by atoms with van der Waals surface area (Å²) in [5.41, 5.74) is 6.33. The average Bonchev–Trinajstić information content (AvgIpc) is 2.26. The maximum Gasteiger partial charge on any atom is 0.327 e. The van der Waals surface area contributed by atoms with Gasteiger partial charge in [-0.15, -0.1) is 0 Å². The molecule has 1 rings (SSSR count). The van der Waals surface area contributed by atoms with Crippen LogP contribution >= 0.6 is 15.9 Å². The molecule has 5 heteroatoms. The molecule has 0 aromatic heterocycles. The second-order valence-corrected chi connectivity index (χ2v) is 3.71. The van der Waals surface area contributed by atoms with Crippen LogP contribution in [0, 0.1) is 0 Å². The monoisotopic (exact) mass is 273 g/mol. The van der Waals surface area contributed by atoms with Crippen molar-refractivity contribution in [3.8, 4) is 5.75 Å². The number of carbonyl (C=O) groups is 1. The molecular formula is C10H12BrNO3. The summed E-state index contributed by atoms with van der Waals surface area (Å²) in [5.74, 6) is 0.0578. The lowest BCUT2D eigenvalue weighted by atomic mass is 10.1. The summed E-state index contributed by atoms with van der Waals surface area (Å²) in [6, 6.07) is 4.49. The van der Waals surface area contributed by atoms with E-state index in [1.54, 1.807) is 18.2 Å². The Morgan fingerprint density at radius 3 is 2.67 bits per heavy atom. The summed E-state index contributed by atoms with van der Waals surface area (Å²) in [5, 5.41) is 0. The lowest BCUT2D eigenvalue weighted by Crippen LogP contribution is -2.23. The minimum Gasteiger partial charge on any atom is -0.496 e. The molecule has 0 saturated heterocycles. The van der Waals surface area contributed by atoms with E-state index in [4.69, 9.17) is 10.5 Å². The van der Waals surface area contributed by atoms with Crippen LogP contribution in [-0.4, -0.2) is 20.2 Å². The zero-order valence-electron chi connectivity index (χ0n) is 8.49. The molecule has 4 nitrogen and oxygen atoms in total. The number of halogens is 1. The fraction of sp³-hybridized carbons (Fsp3) is 0.300. The summed E-state index contributed by atoms with van der Waals surface area (Å²) in [6.07, 6.45) is 0. The first-order valence-electron chi connectivity index (χ1n) is 4.27. The fourth-order valence-corrected chi connectivity index (χ4v) is 1.84. The molecule has 0 aliphatic heterocycles. The molecule has 0 saturated carbocycles. The van der Waals surface area contributed by atoms with E-state index < -0.39 is 12.0 Å². The zero-order chi connectivity index (χ0) is 11.4. The predicted molar refractivity (Wildman–Crippen MR) is 59.6 cm³/mol. The normalized spacial score (nSPS) is 12.0. The third-order valence-electron chi connectivity index (χ3n) is 2.00. The quantitative estimate of drug-likeness (QED) is 0.851. The smallest absolute Gasteiger partial charge is 0.327 e. The molecule has 0 bridgehead atoms. The number of hydrogen-bond donors (Lipinski definition) is 1. The lowest BCUT2D eigenvalue weighted by Gasteiger charge is -2.15. The molecule has 1 atom stereocenters. The molecule has 0 heterocycles. The van der Waals surface area contributed by atoms with Crippen molar-refractivity contribution >= 4 is 21.9 Å². The van der Waals surface area contributed by atoms with Gasteiger partial charge in [0.25, 0.3) is 0 Å². The summed E-state index contributed by atoms with van der Waals surface area (Å²) in [7, 11) is 2.82. The van der Waals surface area contributed by atoms with Gasteiger partial charge >= 0.3 is 5.97 Å². The molecule has 2 N–H and O–H groups in total. The van der Waals surface area contributed by atoms with Crippen LogP contribution in [-0.2, 0) is 9.53 Å². The van der Waals surface area contributed by atoms with Crippen molar-refractivity contribution in [3.05, 3.63) is 28.2 Å². The predicted octanol–water partition coefficient (Wildman–Crippen LogP) is 1.63. The topological polar surface area (TPSA) is 61.5 Å². The number of benzene rings is 1. The Hall–Kier alpha value is -1.07. The number of esters is 1. The Morgan fingerprint density at radius 1 is 1.47 bits per heavy atom. The number of hydrogen-bond acceptors (Lipinski definition) is 4. The van der Waals surface area contributed by atoms with Gasteiger partial charge in [-0.2, -0.15) is 0 Å². The Bertz CT molecular complexity index is 368. The molecule has 0 radical (unpaired) electrons. The van der Waals surface area contributed by atoms with Crippen LogP contribution in [0.1, 0.15) is 11.6 Å². The van der Waals surface area contributed by atoms with Crippen molar-refractivity contribution in [2.24, 2.45) is 5.73 Å². The molecule has 0 spiro atoms. The van der Waals surface area contributed by atoms with Crippen molar-refractivity contribution in [3.63, 3.8) is 0 Å². The molecule has 0 amide bonds. The van der Waals surface area contributed by atoms with Gasteiger partial charge in [-0.1, -0.05) is 22.0 Å². The minimum atomic E-state index is -0.847. The van der Waals surface area contributed by atoms with E-state index in [0.717, 1.165) is 4.47 Å². The SMILES string of the molecule is COC(=O)C(N)c1c(Br)cccc1OC. The number of rotatable bonds is 3. The fourth-order valence-electron chi connectivity index (χ4n) is 1.24. The summed E-state index contributed by atoms with van der Waals surface area (Å²) in [6.45, 7) is 0. The van der Waals surface area contributed by atoms with Crippen LogP contribution in [0.4, 0.5) is 0 Å². The summed E-state index contributed by atoms with van der Waals surface area (Å²) < 4.78 is 10.4. The van der Waals surface area contributed by atoms with Crippen LogP contribution in [0.5, 0.6) is 5.75 Å². The highest BCUT2D eigenvalue weighted by Gasteiger charge is 2.22. The van der Waals surface area contributed by atoms with Gasteiger partial charge in [0.1, 0.15) is 11.8 Å². The third-order valence-corrected chi connectivity index (χ3v) is 2.69. The molecule has 1 unspecified atom stereocenters. The Kier molecular flexibility index (Phi) is 4.11. The van der Waals surface area contributed by atoms with Gasteiger partial charge in [-0.3, -0.25) is 4.79 Å². The van der Waals surface area contributed by atoms with Gasteiger partial charge in [0.15, 0.2) is 0 Å². The van der Waals surface area contributed by atoms with E-state index in [1.165, 1.54) is 14.2 Å². The highest BCUT2D eigenvalue weighted by atomic mass is 79.9. The molecule has 82 valence electrons.